The number of rotatable bonds is 7. The van der Waals surface area contributed by atoms with Gasteiger partial charge in [-0.1, -0.05) is 32.0 Å². The summed E-state index contributed by atoms with van der Waals surface area (Å²) >= 11 is 0. The van der Waals surface area contributed by atoms with E-state index >= 15 is 0 Å². The molecule has 0 saturated carbocycles. The van der Waals surface area contributed by atoms with E-state index in [1.54, 1.807) is 26.8 Å². The Morgan fingerprint density at radius 1 is 1.07 bits per heavy atom. The molecule has 0 aliphatic carbocycles. The molecule has 0 bridgehead atoms. The van der Waals surface area contributed by atoms with Crippen molar-refractivity contribution in [3.8, 4) is 0 Å². The maximum atomic E-state index is 12.4. The Balaban J connectivity index is 2.05. The molecule has 1 aromatic carbocycles. The average molecular weight is 386 g/mol. The predicted octanol–water partition coefficient (Wildman–Crippen LogP) is 3.73. The molecule has 28 heavy (non-hydrogen) atoms. The summed E-state index contributed by atoms with van der Waals surface area (Å²) in [7, 11) is 0. The maximum absolute atomic E-state index is 12.4. The molecule has 0 saturated heterocycles. The number of H-pyrrole nitrogens is 1. The molecule has 2 rings (SSSR count). The number of carbonyl (C=O) groups is 3. The van der Waals surface area contributed by atoms with Crippen LogP contribution in [0.15, 0.2) is 24.3 Å². The summed E-state index contributed by atoms with van der Waals surface area (Å²) < 4.78 is 10.1. The summed E-state index contributed by atoms with van der Waals surface area (Å²) in [4.78, 5) is 39.4. The van der Waals surface area contributed by atoms with E-state index in [1.807, 2.05) is 32.0 Å². The van der Waals surface area contributed by atoms with E-state index in [9.17, 15) is 14.4 Å². The zero-order valence-corrected chi connectivity index (χ0v) is 16.8. The van der Waals surface area contributed by atoms with Crippen LogP contribution in [0.25, 0.3) is 0 Å². The van der Waals surface area contributed by atoms with Crippen LogP contribution in [-0.4, -0.2) is 36.0 Å². The van der Waals surface area contributed by atoms with Gasteiger partial charge in [0.05, 0.1) is 12.2 Å². The third-order valence-corrected chi connectivity index (χ3v) is 4.31. The molecule has 0 atom stereocenters. The molecular weight excluding hydrogens is 360 g/mol. The topological polar surface area (TPSA) is 97.5 Å². The minimum Gasteiger partial charge on any atom is -0.461 e. The first kappa shape index (κ1) is 21.2. The molecule has 0 radical (unpaired) electrons. The molecule has 0 spiro atoms. The Morgan fingerprint density at radius 3 is 2.39 bits per heavy atom. The van der Waals surface area contributed by atoms with Gasteiger partial charge in [-0.3, -0.25) is 4.79 Å². The van der Waals surface area contributed by atoms with Gasteiger partial charge < -0.3 is 19.8 Å². The van der Waals surface area contributed by atoms with Crippen LogP contribution in [0.4, 0.5) is 5.69 Å². The molecule has 2 aromatic rings. The molecule has 1 heterocycles. The van der Waals surface area contributed by atoms with Gasteiger partial charge in [-0.25, -0.2) is 9.59 Å². The maximum Gasteiger partial charge on any atom is 0.355 e. The van der Waals surface area contributed by atoms with Gasteiger partial charge >= 0.3 is 11.9 Å². The van der Waals surface area contributed by atoms with Gasteiger partial charge in [0.25, 0.3) is 5.91 Å². The predicted molar refractivity (Wildman–Crippen MR) is 106 cm³/mol. The first-order valence-electron chi connectivity index (χ1n) is 9.18. The summed E-state index contributed by atoms with van der Waals surface area (Å²) in [5.74, 6) is -1.40. The molecule has 0 unspecified atom stereocenters. The van der Waals surface area contributed by atoms with E-state index < -0.39 is 24.5 Å². The van der Waals surface area contributed by atoms with Gasteiger partial charge in [0.2, 0.25) is 0 Å². The first-order chi connectivity index (χ1) is 13.3. The van der Waals surface area contributed by atoms with Crippen LogP contribution >= 0.6 is 0 Å². The third-order valence-electron chi connectivity index (χ3n) is 4.31. The molecular formula is C21H26N2O5. The van der Waals surface area contributed by atoms with Crippen molar-refractivity contribution in [2.24, 2.45) is 0 Å². The third kappa shape index (κ3) is 4.79. The average Bonchev–Trinajstić information content (AvgIpc) is 2.94. The lowest BCUT2D eigenvalue weighted by Crippen LogP contribution is -2.22. The van der Waals surface area contributed by atoms with Crippen molar-refractivity contribution in [1.29, 1.82) is 0 Å². The van der Waals surface area contributed by atoms with Gasteiger partial charge in [0.1, 0.15) is 5.69 Å². The number of anilines is 1. The van der Waals surface area contributed by atoms with Crippen molar-refractivity contribution >= 4 is 23.5 Å². The fraction of sp³-hybridized carbons (Fsp3) is 0.381. The Hall–Kier alpha value is -3.09. The minimum atomic E-state index is -0.672. The quantitative estimate of drug-likeness (QED) is 0.707. The molecule has 2 N–H and O–H groups in total. The van der Waals surface area contributed by atoms with Gasteiger partial charge in [-0.2, -0.15) is 0 Å². The van der Waals surface area contributed by atoms with Crippen LogP contribution in [0.3, 0.4) is 0 Å². The van der Waals surface area contributed by atoms with Crippen LogP contribution < -0.4 is 5.32 Å². The van der Waals surface area contributed by atoms with Crippen molar-refractivity contribution in [3.63, 3.8) is 0 Å². The summed E-state index contributed by atoms with van der Waals surface area (Å²) in [6.07, 6.45) is 0. The second-order valence-electron chi connectivity index (χ2n) is 6.71. The van der Waals surface area contributed by atoms with Crippen molar-refractivity contribution in [2.75, 3.05) is 18.5 Å². The fourth-order valence-corrected chi connectivity index (χ4v) is 2.97. The summed E-state index contributed by atoms with van der Waals surface area (Å²) in [6, 6.07) is 7.48. The minimum absolute atomic E-state index is 0.210. The van der Waals surface area contributed by atoms with Crippen LogP contribution in [0.1, 0.15) is 64.4 Å². The number of aromatic amines is 1. The fourth-order valence-electron chi connectivity index (χ4n) is 2.97. The Labute approximate surface area is 164 Å². The molecule has 0 aliphatic heterocycles. The van der Waals surface area contributed by atoms with Gasteiger partial charge in [0.15, 0.2) is 6.61 Å². The number of aryl methyl sites for hydroxylation is 1. The molecule has 1 aromatic heterocycles. The summed E-state index contributed by atoms with van der Waals surface area (Å²) in [5, 5.41) is 2.77. The second kappa shape index (κ2) is 9.21. The highest BCUT2D eigenvalue weighted by atomic mass is 16.5. The van der Waals surface area contributed by atoms with E-state index in [0.717, 1.165) is 5.56 Å². The standard InChI is InChI=1S/C21H26N2O5/c1-6-27-21(26)19-13(4)18(14(5)22-19)20(25)28-11-17(24)23-16-10-8-7-9-15(16)12(2)3/h7-10,12,22H,6,11H2,1-5H3,(H,23,24). The number of benzene rings is 1. The van der Waals surface area contributed by atoms with Crippen molar-refractivity contribution in [2.45, 2.75) is 40.5 Å². The largest absolute Gasteiger partial charge is 0.461 e. The molecule has 7 nitrogen and oxygen atoms in total. The highest BCUT2D eigenvalue weighted by molar-refractivity contribution is 6.00. The number of nitrogens with one attached hydrogen (secondary N) is 2. The molecule has 1 amide bonds. The highest BCUT2D eigenvalue weighted by Crippen LogP contribution is 2.24. The smallest absolute Gasteiger partial charge is 0.355 e. The van der Waals surface area contributed by atoms with E-state index in [2.05, 4.69) is 10.3 Å². The number of para-hydroxylation sites is 1. The number of hydrogen-bond donors (Lipinski definition) is 2. The Bertz CT molecular complexity index is 883. The van der Waals surface area contributed by atoms with Crippen molar-refractivity contribution in [1.82, 2.24) is 4.98 Å². The Morgan fingerprint density at radius 2 is 1.75 bits per heavy atom. The van der Waals surface area contributed by atoms with E-state index in [-0.39, 0.29) is 23.8 Å². The number of amides is 1. The van der Waals surface area contributed by atoms with Crippen LogP contribution in [-0.2, 0) is 14.3 Å². The number of aromatic nitrogens is 1. The first-order valence-corrected chi connectivity index (χ1v) is 9.18. The lowest BCUT2D eigenvalue weighted by molar-refractivity contribution is -0.119. The normalized spacial score (nSPS) is 10.6. The van der Waals surface area contributed by atoms with Crippen LogP contribution in [0, 0.1) is 13.8 Å². The summed E-state index contributed by atoms with van der Waals surface area (Å²) in [5.41, 5.74) is 3.05. The number of ether oxygens (including phenoxy) is 2. The SMILES string of the molecule is CCOC(=O)c1[nH]c(C)c(C(=O)OCC(=O)Nc2ccccc2C(C)C)c1C. The van der Waals surface area contributed by atoms with Crippen LogP contribution in [0.5, 0.6) is 0 Å². The van der Waals surface area contributed by atoms with E-state index in [4.69, 9.17) is 9.47 Å². The lowest BCUT2D eigenvalue weighted by atomic mass is 10.0. The van der Waals surface area contributed by atoms with Gasteiger partial charge in [0, 0.05) is 11.4 Å². The number of esters is 2. The van der Waals surface area contributed by atoms with E-state index in [1.165, 1.54) is 0 Å². The molecule has 0 fully saturated rings. The lowest BCUT2D eigenvalue weighted by Gasteiger charge is -2.13. The van der Waals surface area contributed by atoms with Gasteiger partial charge in [-0.05, 0) is 43.9 Å². The zero-order valence-electron chi connectivity index (χ0n) is 16.8. The number of carbonyl (C=O) groups excluding carboxylic acids is 3. The monoisotopic (exact) mass is 386 g/mol. The van der Waals surface area contributed by atoms with Crippen molar-refractivity contribution in [3.05, 3.63) is 52.3 Å². The van der Waals surface area contributed by atoms with Crippen molar-refractivity contribution < 1.29 is 23.9 Å². The van der Waals surface area contributed by atoms with Gasteiger partial charge in [-0.15, -0.1) is 0 Å². The second-order valence-corrected chi connectivity index (χ2v) is 6.71. The zero-order chi connectivity index (χ0) is 20.8. The number of hydrogen-bond acceptors (Lipinski definition) is 5. The molecule has 0 aliphatic rings. The molecule has 7 heteroatoms. The van der Waals surface area contributed by atoms with Crippen LogP contribution in [0.2, 0.25) is 0 Å². The summed E-state index contributed by atoms with van der Waals surface area (Å²) in [6.45, 7) is 8.86. The Kier molecular flexibility index (Phi) is 6.98. The van der Waals surface area contributed by atoms with E-state index in [0.29, 0.717) is 16.9 Å². The molecule has 150 valence electrons. The highest BCUT2D eigenvalue weighted by Gasteiger charge is 2.24.